The Morgan fingerprint density at radius 2 is 1.93 bits per heavy atom. The third-order valence-electron chi connectivity index (χ3n) is 4.60. The van der Waals surface area contributed by atoms with E-state index < -0.39 is 9.84 Å². The van der Waals surface area contributed by atoms with Crippen LogP contribution in [0.1, 0.15) is 28.3 Å². The second-order valence-corrected chi connectivity index (χ2v) is 9.35. The van der Waals surface area contributed by atoms with E-state index in [0.717, 1.165) is 10.4 Å². The van der Waals surface area contributed by atoms with Gasteiger partial charge in [0.1, 0.15) is 10.7 Å². The number of benzene rings is 2. The van der Waals surface area contributed by atoms with Gasteiger partial charge in [0.2, 0.25) is 15.7 Å². The van der Waals surface area contributed by atoms with Crippen molar-refractivity contribution in [3.63, 3.8) is 0 Å². The number of aryl methyl sites for hydroxylation is 1. The second-order valence-electron chi connectivity index (χ2n) is 6.52. The Morgan fingerprint density at radius 1 is 1.15 bits per heavy atom. The highest BCUT2D eigenvalue weighted by atomic mass is 32.2. The van der Waals surface area contributed by atoms with Gasteiger partial charge in [-0.15, -0.1) is 11.3 Å². The van der Waals surface area contributed by atoms with E-state index >= 15 is 0 Å². The number of carbonyl (C=O) groups is 1. The number of amides is 1. The summed E-state index contributed by atoms with van der Waals surface area (Å²) < 4.78 is 39.9. The first-order valence-corrected chi connectivity index (χ1v) is 10.7. The zero-order valence-electron chi connectivity index (χ0n) is 14.4. The van der Waals surface area contributed by atoms with Crippen LogP contribution in [0.4, 0.5) is 10.1 Å². The summed E-state index contributed by atoms with van der Waals surface area (Å²) in [5, 5.41) is 4.27. The molecule has 4 rings (SSSR count). The molecule has 3 aromatic rings. The number of sulfone groups is 1. The summed E-state index contributed by atoms with van der Waals surface area (Å²) >= 11 is 1.27. The largest absolute Gasteiger partial charge is 0.324 e. The second kappa shape index (κ2) is 6.58. The number of thiophene rings is 1. The van der Waals surface area contributed by atoms with Gasteiger partial charge in [0, 0.05) is 22.6 Å². The monoisotopic (exact) mass is 401 g/mol. The first-order valence-electron chi connectivity index (χ1n) is 8.35. The molecule has 0 unspecified atom stereocenters. The third-order valence-corrected chi connectivity index (χ3v) is 7.62. The lowest BCUT2D eigenvalue weighted by Gasteiger charge is -2.23. The molecule has 7 heteroatoms. The average Bonchev–Trinajstić information content (AvgIpc) is 3.05. The Hall–Kier alpha value is -2.51. The molecule has 0 aliphatic carbocycles. The van der Waals surface area contributed by atoms with Gasteiger partial charge in [-0.25, -0.2) is 12.8 Å². The number of rotatable bonds is 3. The maximum Gasteiger partial charge on any atom is 0.225 e. The molecule has 1 atom stereocenters. The lowest BCUT2D eigenvalue weighted by atomic mass is 9.91. The molecule has 27 heavy (non-hydrogen) atoms. The molecule has 0 radical (unpaired) electrons. The molecular weight excluding hydrogens is 385 g/mol. The van der Waals surface area contributed by atoms with Crippen molar-refractivity contribution in [1.29, 1.82) is 0 Å². The van der Waals surface area contributed by atoms with Crippen LogP contribution >= 0.6 is 11.3 Å². The molecule has 0 spiro atoms. The molecule has 0 saturated heterocycles. The highest BCUT2D eigenvalue weighted by Crippen LogP contribution is 2.45. The van der Waals surface area contributed by atoms with Gasteiger partial charge in [-0.2, -0.15) is 0 Å². The fourth-order valence-electron chi connectivity index (χ4n) is 3.30. The third kappa shape index (κ3) is 3.17. The summed E-state index contributed by atoms with van der Waals surface area (Å²) in [4.78, 5) is 13.3. The minimum Gasteiger partial charge on any atom is -0.324 e. The molecule has 138 valence electrons. The van der Waals surface area contributed by atoms with E-state index in [9.17, 15) is 17.6 Å². The minimum absolute atomic E-state index is 0.0857. The Kier molecular flexibility index (Phi) is 4.36. The normalized spacial score (nSPS) is 16.7. The van der Waals surface area contributed by atoms with Crippen LogP contribution in [-0.4, -0.2) is 14.3 Å². The maximum absolute atomic E-state index is 13.7. The highest BCUT2D eigenvalue weighted by Gasteiger charge is 2.34. The molecule has 1 aromatic heterocycles. The van der Waals surface area contributed by atoms with Crippen LogP contribution in [0.5, 0.6) is 0 Å². The summed E-state index contributed by atoms with van der Waals surface area (Å²) in [6.45, 7) is 1.82. The van der Waals surface area contributed by atoms with E-state index in [4.69, 9.17) is 0 Å². The highest BCUT2D eigenvalue weighted by molar-refractivity contribution is 7.91. The van der Waals surface area contributed by atoms with Crippen molar-refractivity contribution in [3.05, 3.63) is 75.7 Å². The number of anilines is 1. The fraction of sp³-hybridized carbons (Fsp3) is 0.150. The van der Waals surface area contributed by atoms with Gasteiger partial charge in [0.25, 0.3) is 0 Å². The molecule has 0 fully saturated rings. The Bertz CT molecular complexity index is 1150. The van der Waals surface area contributed by atoms with Crippen LogP contribution in [-0.2, 0) is 14.6 Å². The lowest BCUT2D eigenvalue weighted by Crippen LogP contribution is -2.23. The first-order chi connectivity index (χ1) is 12.9. The van der Waals surface area contributed by atoms with E-state index in [-0.39, 0.29) is 33.9 Å². The summed E-state index contributed by atoms with van der Waals surface area (Å²) in [6, 6.07) is 12.7. The van der Waals surface area contributed by atoms with Gasteiger partial charge in [-0.1, -0.05) is 24.3 Å². The van der Waals surface area contributed by atoms with E-state index in [0.29, 0.717) is 11.3 Å². The maximum atomic E-state index is 13.7. The van der Waals surface area contributed by atoms with Crippen LogP contribution in [0.3, 0.4) is 0 Å². The molecule has 0 saturated carbocycles. The van der Waals surface area contributed by atoms with Crippen molar-refractivity contribution in [3.8, 4) is 0 Å². The van der Waals surface area contributed by atoms with Crippen molar-refractivity contribution >= 4 is 32.8 Å². The van der Waals surface area contributed by atoms with Crippen LogP contribution in [0, 0.1) is 12.7 Å². The number of hydrogen-bond donors (Lipinski definition) is 1. The van der Waals surface area contributed by atoms with Crippen molar-refractivity contribution in [2.45, 2.75) is 29.1 Å². The number of halogens is 1. The topological polar surface area (TPSA) is 63.2 Å². The molecule has 1 N–H and O–H groups in total. The SMILES string of the molecule is Cc1cccc(S(=O)(=O)c2csc3c2NC(=O)C[C@H]3c2cccc(F)c2)c1. The van der Waals surface area contributed by atoms with Crippen LogP contribution in [0.25, 0.3) is 0 Å². The first kappa shape index (κ1) is 17.9. The molecular formula is C20H16FNO3S2. The van der Waals surface area contributed by atoms with Crippen LogP contribution in [0.15, 0.2) is 63.7 Å². The van der Waals surface area contributed by atoms with Crippen LogP contribution < -0.4 is 5.32 Å². The van der Waals surface area contributed by atoms with Crippen molar-refractivity contribution in [2.75, 3.05) is 5.32 Å². The smallest absolute Gasteiger partial charge is 0.225 e. The molecule has 1 aliphatic rings. The predicted octanol–water partition coefficient (Wildman–Crippen LogP) is 4.50. The van der Waals surface area contributed by atoms with Gasteiger partial charge in [0.05, 0.1) is 10.6 Å². The minimum atomic E-state index is -3.78. The van der Waals surface area contributed by atoms with Gasteiger partial charge in [0.15, 0.2) is 0 Å². The standard InChI is InChI=1S/C20H16FNO3S2/c1-12-4-2-7-15(8-12)27(24,25)17-11-26-20-16(10-18(23)22-19(17)20)13-5-3-6-14(21)9-13/h2-9,11,16H,10H2,1H3,(H,22,23)/t16-/m0/s1. The Balaban J connectivity index is 1.85. The molecule has 2 aromatic carbocycles. The number of hydrogen-bond acceptors (Lipinski definition) is 4. The summed E-state index contributed by atoms with van der Waals surface area (Å²) in [7, 11) is -3.78. The van der Waals surface area contributed by atoms with E-state index in [1.54, 1.807) is 35.7 Å². The predicted molar refractivity (Wildman–Crippen MR) is 102 cm³/mol. The molecule has 1 aliphatic heterocycles. The van der Waals surface area contributed by atoms with E-state index in [1.165, 1.54) is 23.5 Å². The van der Waals surface area contributed by atoms with E-state index in [2.05, 4.69) is 5.32 Å². The van der Waals surface area contributed by atoms with Crippen molar-refractivity contribution < 1.29 is 17.6 Å². The summed E-state index contributed by atoms with van der Waals surface area (Å²) in [6.07, 6.45) is 0.154. The number of carbonyl (C=O) groups excluding carboxylic acids is 1. The van der Waals surface area contributed by atoms with Gasteiger partial charge < -0.3 is 5.32 Å². The van der Waals surface area contributed by atoms with Gasteiger partial charge >= 0.3 is 0 Å². The Morgan fingerprint density at radius 3 is 2.67 bits per heavy atom. The zero-order valence-corrected chi connectivity index (χ0v) is 16.0. The summed E-state index contributed by atoms with van der Waals surface area (Å²) in [5.74, 6) is -1.03. The molecule has 0 bridgehead atoms. The molecule has 2 heterocycles. The quantitative estimate of drug-likeness (QED) is 0.703. The molecule has 4 nitrogen and oxygen atoms in total. The van der Waals surface area contributed by atoms with Gasteiger partial charge in [-0.3, -0.25) is 4.79 Å². The summed E-state index contributed by atoms with van der Waals surface area (Å²) in [5.41, 5.74) is 1.81. The lowest BCUT2D eigenvalue weighted by molar-refractivity contribution is -0.116. The zero-order chi connectivity index (χ0) is 19.2. The number of nitrogens with one attached hydrogen (secondary N) is 1. The average molecular weight is 401 g/mol. The van der Waals surface area contributed by atoms with Gasteiger partial charge in [-0.05, 0) is 42.3 Å². The van der Waals surface area contributed by atoms with Crippen molar-refractivity contribution in [1.82, 2.24) is 0 Å². The van der Waals surface area contributed by atoms with Crippen LogP contribution in [0.2, 0.25) is 0 Å². The van der Waals surface area contributed by atoms with E-state index in [1.807, 2.05) is 13.0 Å². The number of fused-ring (bicyclic) bond motifs is 1. The Labute approximate surface area is 160 Å². The van der Waals surface area contributed by atoms with Crippen molar-refractivity contribution in [2.24, 2.45) is 0 Å². The molecule has 1 amide bonds. The fourth-order valence-corrected chi connectivity index (χ4v) is 6.32.